The fourth-order valence-corrected chi connectivity index (χ4v) is 2.39. The van der Waals surface area contributed by atoms with Gasteiger partial charge in [-0.05, 0) is 18.6 Å². The molecule has 2 rings (SSSR count). The summed E-state index contributed by atoms with van der Waals surface area (Å²) in [7, 11) is 0. The van der Waals surface area contributed by atoms with Gasteiger partial charge < -0.3 is 5.73 Å². The maximum atomic E-state index is 11.9. The zero-order chi connectivity index (χ0) is 13.3. The van der Waals surface area contributed by atoms with Crippen molar-refractivity contribution in [1.29, 1.82) is 0 Å². The third-order valence-corrected chi connectivity index (χ3v) is 3.64. The maximum absolute atomic E-state index is 11.9. The molecule has 2 amide bonds. The highest BCUT2D eigenvalue weighted by atomic mass is 35.5. The molecule has 1 heterocycles. The summed E-state index contributed by atoms with van der Waals surface area (Å²) >= 11 is 12.0. The third-order valence-electron chi connectivity index (χ3n) is 2.93. The Kier molecular flexibility index (Phi) is 3.90. The molecule has 0 aromatic heterocycles. The van der Waals surface area contributed by atoms with Crippen molar-refractivity contribution < 1.29 is 9.59 Å². The van der Waals surface area contributed by atoms with Gasteiger partial charge in [0.1, 0.15) is 0 Å². The average molecular weight is 287 g/mol. The topological polar surface area (TPSA) is 63.4 Å². The number of hydrogen-bond acceptors (Lipinski definition) is 3. The van der Waals surface area contributed by atoms with E-state index in [4.69, 9.17) is 28.9 Å². The lowest BCUT2D eigenvalue weighted by molar-refractivity contribution is -0.149. The van der Waals surface area contributed by atoms with Crippen molar-refractivity contribution in [3.8, 4) is 0 Å². The van der Waals surface area contributed by atoms with E-state index in [1.165, 1.54) is 0 Å². The Morgan fingerprint density at radius 2 is 1.89 bits per heavy atom. The van der Waals surface area contributed by atoms with E-state index in [2.05, 4.69) is 0 Å². The zero-order valence-electron chi connectivity index (χ0n) is 9.53. The molecule has 1 aromatic rings. The van der Waals surface area contributed by atoms with Gasteiger partial charge >= 0.3 is 0 Å². The lowest BCUT2D eigenvalue weighted by Gasteiger charge is -2.29. The first-order valence-corrected chi connectivity index (χ1v) is 6.29. The van der Waals surface area contributed by atoms with Crippen LogP contribution in [0.2, 0.25) is 10.0 Å². The highest BCUT2D eigenvalue weighted by Gasteiger charge is 2.32. The monoisotopic (exact) mass is 286 g/mol. The van der Waals surface area contributed by atoms with E-state index in [1.807, 2.05) is 0 Å². The molecule has 1 saturated heterocycles. The van der Waals surface area contributed by atoms with Crippen LogP contribution in [0.3, 0.4) is 0 Å². The molecule has 1 fully saturated rings. The second-order valence-electron chi connectivity index (χ2n) is 4.16. The number of imide groups is 1. The van der Waals surface area contributed by atoms with Gasteiger partial charge in [0, 0.05) is 22.0 Å². The number of hydrogen-bond donors (Lipinski definition) is 1. The number of amides is 2. The van der Waals surface area contributed by atoms with Gasteiger partial charge in [0.2, 0.25) is 11.8 Å². The first-order chi connectivity index (χ1) is 8.50. The smallest absolute Gasteiger partial charge is 0.246 e. The van der Waals surface area contributed by atoms with Crippen molar-refractivity contribution in [2.75, 3.05) is 0 Å². The molecule has 18 heavy (non-hydrogen) atoms. The highest BCUT2D eigenvalue weighted by Crippen LogP contribution is 2.27. The van der Waals surface area contributed by atoms with Crippen molar-refractivity contribution in [2.45, 2.75) is 25.4 Å². The summed E-state index contributed by atoms with van der Waals surface area (Å²) in [6, 6.07) is 4.42. The number of benzene rings is 1. The van der Waals surface area contributed by atoms with E-state index in [-0.39, 0.29) is 24.8 Å². The summed E-state index contributed by atoms with van der Waals surface area (Å²) in [6.07, 6.45) is 0.666. The molecular weight excluding hydrogens is 275 g/mol. The molecule has 1 aliphatic heterocycles. The molecule has 6 heteroatoms. The van der Waals surface area contributed by atoms with Crippen molar-refractivity contribution in [3.05, 3.63) is 33.8 Å². The quantitative estimate of drug-likeness (QED) is 0.846. The van der Waals surface area contributed by atoms with Crippen LogP contribution in [0, 0.1) is 0 Å². The lowest BCUT2D eigenvalue weighted by atomic mass is 10.0. The van der Waals surface area contributed by atoms with Crippen LogP contribution in [0.5, 0.6) is 0 Å². The summed E-state index contributed by atoms with van der Waals surface area (Å²) < 4.78 is 0. The molecule has 1 atom stereocenters. The first kappa shape index (κ1) is 13.3. The molecule has 1 aliphatic rings. The van der Waals surface area contributed by atoms with Crippen molar-refractivity contribution in [3.63, 3.8) is 0 Å². The van der Waals surface area contributed by atoms with Crippen LogP contribution in [0.4, 0.5) is 0 Å². The fraction of sp³-hybridized carbons (Fsp3) is 0.333. The maximum Gasteiger partial charge on any atom is 0.246 e. The number of rotatable bonds is 2. The van der Waals surface area contributed by atoms with Gasteiger partial charge in [0.05, 0.1) is 12.6 Å². The van der Waals surface area contributed by atoms with Crippen LogP contribution in [-0.2, 0) is 16.1 Å². The van der Waals surface area contributed by atoms with Crippen molar-refractivity contribution >= 4 is 35.0 Å². The number of likely N-dealkylation sites (tertiary alicyclic amines) is 1. The predicted molar refractivity (Wildman–Crippen MR) is 69.2 cm³/mol. The number of carbonyl (C=O) groups is 2. The summed E-state index contributed by atoms with van der Waals surface area (Å²) in [4.78, 5) is 24.7. The van der Waals surface area contributed by atoms with Gasteiger partial charge in [0.25, 0.3) is 0 Å². The summed E-state index contributed by atoms with van der Waals surface area (Å²) in [5.74, 6) is -0.611. The number of carbonyl (C=O) groups excluding carboxylic acids is 2. The Labute approximate surface area is 115 Å². The zero-order valence-corrected chi connectivity index (χ0v) is 11.0. The van der Waals surface area contributed by atoms with Crippen LogP contribution < -0.4 is 5.73 Å². The summed E-state index contributed by atoms with van der Waals surface area (Å²) in [5, 5.41) is 0.865. The van der Waals surface area contributed by atoms with E-state index in [0.717, 1.165) is 4.90 Å². The van der Waals surface area contributed by atoms with Crippen molar-refractivity contribution in [2.24, 2.45) is 5.73 Å². The predicted octanol–water partition coefficient (Wildman–Crippen LogP) is 1.97. The van der Waals surface area contributed by atoms with E-state index in [9.17, 15) is 9.59 Å². The Morgan fingerprint density at radius 1 is 1.28 bits per heavy atom. The van der Waals surface area contributed by atoms with Gasteiger partial charge in [-0.3, -0.25) is 14.5 Å². The van der Waals surface area contributed by atoms with Crippen LogP contribution in [0.1, 0.15) is 18.4 Å². The lowest BCUT2D eigenvalue weighted by Crippen LogP contribution is -2.50. The molecule has 0 saturated carbocycles. The first-order valence-electron chi connectivity index (χ1n) is 5.53. The van der Waals surface area contributed by atoms with Gasteiger partial charge in [0.15, 0.2) is 0 Å². The average Bonchev–Trinajstić information content (AvgIpc) is 2.33. The highest BCUT2D eigenvalue weighted by molar-refractivity contribution is 6.36. The Balaban J connectivity index is 2.27. The van der Waals surface area contributed by atoms with E-state index in [1.54, 1.807) is 18.2 Å². The molecule has 0 bridgehead atoms. The van der Waals surface area contributed by atoms with Crippen LogP contribution >= 0.6 is 23.2 Å². The number of piperidine rings is 1. The molecular formula is C12H12Cl2N2O2. The number of nitrogens with two attached hydrogens (primary N) is 1. The molecule has 96 valence electrons. The van der Waals surface area contributed by atoms with Crippen LogP contribution in [0.15, 0.2) is 18.2 Å². The number of halogens is 2. The molecule has 0 spiro atoms. The Bertz CT molecular complexity index is 485. The van der Waals surface area contributed by atoms with Gasteiger partial charge in [-0.2, -0.15) is 0 Å². The fourth-order valence-electron chi connectivity index (χ4n) is 1.87. The molecule has 0 aliphatic carbocycles. The second-order valence-corrected chi connectivity index (χ2v) is 4.98. The largest absolute Gasteiger partial charge is 0.320 e. The van der Waals surface area contributed by atoms with Crippen molar-refractivity contribution in [1.82, 2.24) is 4.90 Å². The number of nitrogens with zero attached hydrogens (tertiary/aromatic N) is 1. The minimum atomic E-state index is -0.621. The normalized spacial score (nSPS) is 20.4. The molecule has 0 unspecified atom stereocenters. The minimum Gasteiger partial charge on any atom is -0.320 e. The van der Waals surface area contributed by atoms with Gasteiger partial charge in [-0.15, -0.1) is 0 Å². The standard InChI is InChI=1S/C12H12Cl2N2O2/c13-8-2-1-3-9(14)7(8)6-16-11(17)5-4-10(15)12(16)18/h1-3,10H,4-6,15H2/t10-/m0/s1. The van der Waals surface area contributed by atoms with Gasteiger partial charge in [-0.25, -0.2) is 0 Å². The third kappa shape index (κ3) is 2.51. The molecule has 1 aromatic carbocycles. The summed E-state index contributed by atoms with van der Waals surface area (Å²) in [5.41, 5.74) is 6.22. The Hall–Kier alpha value is -1.10. The van der Waals surface area contributed by atoms with E-state index >= 15 is 0 Å². The molecule has 0 radical (unpaired) electrons. The summed E-state index contributed by atoms with van der Waals surface area (Å²) in [6.45, 7) is 0.0733. The minimum absolute atomic E-state index is 0.0733. The molecule has 2 N–H and O–H groups in total. The van der Waals surface area contributed by atoms with E-state index < -0.39 is 6.04 Å². The Morgan fingerprint density at radius 3 is 2.50 bits per heavy atom. The van der Waals surface area contributed by atoms with E-state index in [0.29, 0.717) is 22.0 Å². The van der Waals surface area contributed by atoms with Crippen LogP contribution in [-0.4, -0.2) is 22.8 Å². The molecule has 4 nitrogen and oxygen atoms in total. The SMILES string of the molecule is N[C@H]1CCC(=O)N(Cc2c(Cl)cccc2Cl)C1=O. The second kappa shape index (κ2) is 5.26. The van der Waals surface area contributed by atoms with Crippen LogP contribution in [0.25, 0.3) is 0 Å². The van der Waals surface area contributed by atoms with Gasteiger partial charge in [-0.1, -0.05) is 29.3 Å².